The first-order valence-corrected chi connectivity index (χ1v) is 34.8. The summed E-state index contributed by atoms with van der Waals surface area (Å²) in [4.78, 5) is 40.0. The van der Waals surface area contributed by atoms with E-state index in [0.717, 1.165) is 89.9 Å². The van der Waals surface area contributed by atoms with E-state index in [1.54, 1.807) is 0 Å². The summed E-state index contributed by atoms with van der Waals surface area (Å²) in [6, 6.07) is -0.938. The fourth-order valence-corrected chi connectivity index (χ4v) is 9.75. The number of phosphoric ester groups is 1. The average Bonchev–Trinajstić information content (AvgIpc) is 3.47. The van der Waals surface area contributed by atoms with Crippen molar-refractivity contribution in [3.8, 4) is 0 Å². The van der Waals surface area contributed by atoms with Gasteiger partial charge in [-0.05, 0) is 109 Å². The summed E-state index contributed by atoms with van der Waals surface area (Å²) >= 11 is 0. The van der Waals surface area contributed by atoms with Crippen molar-refractivity contribution >= 4 is 19.7 Å². The zero-order valence-electron chi connectivity index (χ0n) is 53.7. The molecule has 1 amide bonds. The van der Waals surface area contributed by atoms with E-state index in [-0.39, 0.29) is 31.3 Å². The van der Waals surface area contributed by atoms with Crippen molar-refractivity contribution in [3.05, 3.63) is 122 Å². The van der Waals surface area contributed by atoms with Crippen LogP contribution in [0.3, 0.4) is 0 Å². The molecule has 0 aromatic rings. The van der Waals surface area contributed by atoms with Gasteiger partial charge < -0.3 is 28.5 Å². The molecule has 82 heavy (non-hydrogen) atoms. The Morgan fingerprint density at radius 1 is 0.439 bits per heavy atom. The third-order valence-electron chi connectivity index (χ3n) is 14.1. The second-order valence-corrected chi connectivity index (χ2v) is 24.6. The normalized spacial score (nSPS) is 14.4. The molecule has 470 valence electrons. The highest BCUT2D eigenvalue weighted by Gasteiger charge is 2.27. The van der Waals surface area contributed by atoms with Crippen LogP contribution in [0.2, 0.25) is 0 Å². The van der Waals surface area contributed by atoms with E-state index in [0.29, 0.717) is 23.9 Å². The topological polar surface area (TPSA) is 114 Å². The number of unbranched alkanes of at least 4 members (excludes halogenated alkanes) is 25. The molecule has 0 aromatic carbocycles. The Morgan fingerprint density at radius 2 is 0.793 bits per heavy atom. The number of amides is 1. The molecule has 0 bridgehead atoms. The number of quaternary nitrogens is 1. The zero-order valence-corrected chi connectivity index (χ0v) is 54.5. The molecular formula is C72H125N2O7P. The first-order chi connectivity index (χ1) is 39.9. The number of carbonyl (C=O) groups is 2. The van der Waals surface area contributed by atoms with E-state index in [1.165, 1.54) is 135 Å². The Balaban J connectivity index is 5.23. The number of phosphoric acid groups is 1. The van der Waals surface area contributed by atoms with Gasteiger partial charge in [0.05, 0.1) is 33.8 Å². The van der Waals surface area contributed by atoms with Crippen LogP contribution in [0.15, 0.2) is 122 Å². The number of ether oxygens (including phenoxy) is 1. The number of allylic oxidation sites excluding steroid dienone is 19. The second-order valence-electron chi connectivity index (χ2n) is 23.2. The SMILES string of the molecule is CC/C=C\C/C=C\C/C=C\C/C=C\C/C=C\C/C=C\CCC(=O)NC(COP(=O)([O-])OCC[N+](C)(C)C)C(/C=C\CCCCCCCCCCCC)OC(=O)CCCCCCCCCCCCCC/C=C\C/C=C\C/C=C\CCCCC. The predicted molar refractivity (Wildman–Crippen MR) is 353 cm³/mol. The summed E-state index contributed by atoms with van der Waals surface area (Å²) in [5, 5.41) is 2.98. The van der Waals surface area contributed by atoms with Crippen LogP contribution in [-0.4, -0.2) is 69.4 Å². The highest BCUT2D eigenvalue weighted by Crippen LogP contribution is 2.38. The highest BCUT2D eigenvalue weighted by molar-refractivity contribution is 7.45. The van der Waals surface area contributed by atoms with Crippen molar-refractivity contribution in [1.29, 1.82) is 0 Å². The van der Waals surface area contributed by atoms with Gasteiger partial charge in [-0.25, -0.2) is 0 Å². The minimum atomic E-state index is -4.73. The Morgan fingerprint density at radius 3 is 1.22 bits per heavy atom. The van der Waals surface area contributed by atoms with E-state index < -0.39 is 26.6 Å². The number of nitrogens with zero attached hydrogens (tertiary/aromatic N) is 1. The number of hydrogen-bond donors (Lipinski definition) is 1. The Bertz CT molecular complexity index is 1820. The van der Waals surface area contributed by atoms with Crippen molar-refractivity contribution < 1.29 is 37.3 Å². The largest absolute Gasteiger partial charge is 0.756 e. The third kappa shape index (κ3) is 61.0. The summed E-state index contributed by atoms with van der Waals surface area (Å²) in [5.41, 5.74) is 0. The molecule has 3 unspecified atom stereocenters. The van der Waals surface area contributed by atoms with Crippen LogP contribution in [0, 0.1) is 0 Å². The van der Waals surface area contributed by atoms with Crippen molar-refractivity contribution in [2.24, 2.45) is 0 Å². The quantitative estimate of drug-likeness (QED) is 0.0212. The minimum absolute atomic E-state index is 0.0417. The van der Waals surface area contributed by atoms with Gasteiger partial charge in [-0.15, -0.1) is 0 Å². The molecule has 0 saturated carbocycles. The lowest BCUT2D eigenvalue weighted by Crippen LogP contribution is -2.47. The first-order valence-electron chi connectivity index (χ1n) is 33.3. The van der Waals surface area contributed by atoms with Crippen LogP contribution < -0.4 is 10.2 Å². The van der Waals surface area contributed by atoms with E-state index in [2.05, 4.69) is 123 Å². The summed E-state index contributed by atoms with van der Waals surface area (Å²) in [6.07, 6.45) is 84.8. The molecule has 10 heteroatoms. The molecule has 0 saturated heterocycles. The van der Waals surface area contributed by atoms with Gasteiger partial charge in [-0.1, -0.05) is 271 Å². The van der Waals surface area contributed by atoms with Gasteiger partial charge in [0.15, 0.2) is 0 Å². The number of nitrogens with one attached hydrogen (secondary N) is 1. The van der Waals surface area contributed by atoms with E-state index >= 15 is 0 Å². The maximum Gasteiger partial charge on any atom is 0.306 e. The lowest BCUT2D eigenvalue weighted by atomic mass is 10.0. The van der Waals surface area contributed by atoms with Gasteiger partial charge in [0.2, 0.25) is 5.91 Å². The fraction of sp³-hybridized carbons (Fsp3) is 0.694. The molecule has 9 nitrogen and oxygen atoms in total. The Kier molecular flexibility index (Phi) is 57.9. The molecule has 0 rings (SSSR count). The summed E-state index contributed by atoms with van der Waals surface area (Å²) in [5.74, 6) is -0.644. The van der Waals surface area contributed by atoms with E-state index in [1.807, 2.05) is 45.4 Å². The van der Waals surface area contributed by atoms with Crippen molar-refractivity contribution in [2.75, 3.05) is 40.9 Å². The van der Waals surface area contributed by atoms with Crippen LogP contribution in [0.4, 0.5) is 0 Å². The molecule has 0 aliphatic carbocycles. The van der Waals surface area contributed by atoms with E-state index in [9.17, 15) is 19.0 Å². The minimum Gasteiger partial charge on any atom is -0.756 e. The van der Waals surface area contributed by atoms with Crippen LogP contribution in [0.5, 0.6) is 0 Å². The van der Waals surface area contributed by atoms with Gasteiger partial charge in [0.1, 0.15) is 19.3 Å². The Labute approximate surface area is 505 Å². The number of esters is 1. The van der Waals surface area contributed by atoms with Crippen LogP contribution >= 0.6 is 7.82 Å². The second kappa shape index (κ2) is 60.5. The van der Waals surface area contributed by atoms with Crippen LogP contribution in [0.25, 0.3) is 0 Å². The van der Waals surface area contributed by atoms with Gasteiger partial charge in [0.25, 0.3) is 7.82 Å². The lowest BCUT2D eigenvalue weighted by Gasteiger charge is -2.30. The molecule has 0 aromatic heterocycles. The number of hydrogen-bond acceptors (Lipinski definition) is 7. The van der Waals surface area contributed by atoms with E-state index in [4.69, 9.17) is 13.8 Å². The number of likely N-dealkylation sites (N-methyl/N-ethyl adjacent to an activating group) is 1. The molecule has 0 heterocycles. The van der Waals surface area contributed by atoms with Crippen molar-refractivity contribution in [3.63, 3.8) is 0 Å². The van der Waals surface area contributed by atoms with Crippen LogP contribution in [0.1, 0.15) is 271 Å². The van der Waals surface area contributed by atoms with Gasteiger partial charge in [0, 0.05) is 12.8 Å². The van der Waals surface area contributed by atoms with Gasteiger partial charge >= 0.3 is 5.97 Å². The molecule has 0 aliphatic rings. The fourth-order valence-electron chi connectivity index (χ4n) is 9.02. The molecule has 3 atom stereocenters. The summed E-state index contributed by atoms with van der Waals surface area (Å²) in [6.45, 7) is 6.64. The van der Waals surface area contributed by atoms with Crippen LogP contribution in [-0.2, 0) is 27.9 Å². The predicted octanol–water partition coefficient (Wildman–Crippen LogP) is 20.4. The van der Waals surface area contributed by atoms with Gasteiger partial charge in [-0.3, -0.25) is 14.2 Å². The lowest BCUT2D eigenvalue weighted by molar-refractivity contribution is -0.870. The molecule has 0 radical (unpaired) electrons. The summed E-state index contributed by atoms with van der Waals surface area (Å²) in [7, 11) is 1.13. The monoisotopic (exact) mass is 1160 g/mol. The smallest absolute Gasteiger partial charge is 0.306 e. The average molecular weight is 1160 g/mol. The molecule has 0 aliphatic heterocycles. The van der Waals surface area contributed by atoms with Crippen molar-refractivity contribution in [1.82, 2.24) is 5.32 Å². The maximum absolute atomic E-state index is 13.5. The Hall–Kier alpha value is -3.59. The number of carbonyl (C=O) groups excluding carboxylic acids is 2. The third-order valence-corrected chi connectivity index (χ3v) is 15.1. The van der Waals surface area contributed by atoms with Crippen molar-refractivity contribution in [2.45, 2.75) is 283 Å². The first kappa shape index (κ1) is 78.4. The number of rotatable bonds is 59. The maximum atomic E-state index is 13.5. The molecule has 0 fully saturated rings. The summed E-state index contributed by atoms with van der Waals surface area (Å²) < 4.78 is 30.3. The van der Waals surface area contributed by atoms with Gasteiger partial charge in [-0.2, -0.15) is 0 Å². The molecular weight excluding hydrogens is 1040 g/mol. The highest BCUT2D eigenvalue weighted by atomic mass is 31.2. The standard InChI is InChI=1S/C72H125N2O7P/c1-7-10-13-16-19-22-25-28-30-32-34-35-36-37-38-39-41-43-45-47-50-53-56-59-62-65-72(76)81-70(63-60-57-54-51-48-27-24-21-18-15-12-9-3)69(68-80-82(77,78)79-67-66-74(4,5)6)73-71(75)64-61-58-55-52-49-46-44-42-40-33-31-29-26-23-20-17-14-11-8-2/h11,14,19-20,22-23,28-31,34-35,40,42,46,49,55,58,60,63,69-70H,7-10,12-13,15-18,21,24-27,32-33,36-39,41,43-45,47-48,50-54,56-57,59,61-62,64-68H2,1-6H3,(H-,73,75,77,78)/b14-11-,22-19-,23-20-,30-28-,31-29-,35-34-,42-40-,49-46-,58-55-,63-60-. The zero-order chi connectivity index (χ0) is 60.0. The molecule has 1 N–H and O–H groups in total. The molecule has 0 spiro atoms.